The van der Waals surface area contributed by atoms with Gasteiger partial charge in [-0.15, -0.1) is 0 Å². The van der Waals surface area contributed by atoms with Gasteiger partial charge in [0.15, 0.2) is 0 Å². The largest absolute Gasteiger partial charge is 0.462 e. The van der Waals surface area contributed by atoms with Gasteiger partial charge in [-0.1, -0.05) is 37.6 Å². The van der Waals surface area contributed by atoms with Crippen molar-refractivity contribution in [1.29, 1.82) is 0 Å². The number of fused-ring (bicyclic) bond motifs is 5. The normalized spacial score (nSPS) is 46.5. The van der Waals surface area contributed by atoms with Crippen LogP contribution in [0.15, 0.2) is 23.8 Å². The van der Waals surface area contributed by atoms with Crippen molar-refractivity contribution in [2.45, 2.75) is 53.1 Å². The van der Waals surface area contributed by atoms with Gasteiger partial charge in [0.2, 0.25) is 0 Å². The minimum Gasteiger partial charge on any atom is -0.462 e. The van der Waals surface area contributed by atoms with Gasteiger partial charge in [-0.25, -0.2) is 0 Å². The Balaban J connectivity index is 1.41. The minimum absolute atomic E-state index is 0.0626. The topological polar surface area (TPSA) is 26.3 Å². The van der Waals surface area contributed by atoms with Crippen molar-refractivity contribution in [3.8, 4) is 0 Å². The van der Waals surface area contributed by atoms with Crippen LogP contribution in [0.25, 0.3) is 0 Å². The monoisotopic (exact) mass is 300 g/mol. The number of allylic oxidation sites excluding steroid dienone is 4. The number of ether oxygens (including phenoxy) is 1. The number of carbonyl (C=O) groups is 1. The highest BCUT2D eigenvalue weighted by Crippen LogP contribution is 2.61. The van der Waals surface area contributed by atoms with Gasteiger partial charge in [0.05, 0.1) is 5.92 Å². The number of hydrogen-bond acceptors (Lipinski definition) is 2. The Bertz CT molecular complexity index is 552. The summed E-state index contributed by atoms with van der Waals surface area (Å²) in [4.78, 5) is 12.7. The number of rotatable bonds is 3. The summed E-state index contributed by atoms with van der Waals surface area (Å²) in [5.74, 6) is 3.44. The predicted octanol–water partition coefficient (Wildman–Crippen LogP) is 4.37. The van der Waals surface area contributed by atoms with E-state index in [2.05, 4.69) is 45.9 Å². The van der Waals surface area contributed by atoms with Gasteiger partial charge in [0.25, 0.3) is 0 Å². The van der Waals surface area contributed by atoms with Crippen molar-refractivity contribution < 1.29 is 9.53 Å². The lowest BCUT2D eigenvalue weighted by molar-refractivity contribution is -0.155. The highest BCUT2D eigenvalue weighted by Gasteiger charge is 2.62. The Hall–Kier alpha value is -1.05. The van der Waals surface area contributed by atoms with Crippen LogP contribution in [0.4, 0.5) is 0 Å². The molecule has 0 aliphatic heterocycles. The maximum absolute atomic E-state index is 12.7. The molecular weight excluding hydrogens is 272 g/mol. The van der Waals surface area contributed by atoms with E-state index in [1.807, 2.05) is 0 Å². The van der Waals surface area contributed by atoms with Gasteiger partial charge in [-0.2, -0.15) is 0 Å². The van der Waals surface area contributed by atoms with Crippen molar-refractivity contribution >= 4 is 5.97 Å². The molecule has 2 bridgehead atoms. The summed E-state index contributed by atoms with van der Waals surface area (Å²) >= 11 is 0. The molecule has 4 rings (SSSR count). The summed E-state index contributed by atoms with van der Waals surface area (Å²) in [6.45, 7) is 8.61. The molecule has 2 nitrogen and oxygen atoms in total. The van der Waals surface area contributed by atoms with Gasteiger partial charge >= 0.3 is 5.97 Å². The van der Waals surface area contributed by atoms with Crippen LogP contribution in [0, 0.1) is 40.9 Å². The van der Waals surface area contributed by atoms with Crippen LogP contribution in [-0.2, 0) is 9.53 Å². The summed E-state index contributed by atoms with van der Waals surface area (Å²) in [6, 6.07) is 0. The van der Waals surface area contributed by atoms with E-state index in [-0.39, 0.29) is 23.4 Å². The van der Waals surface area contributed by atoms with Crippen molar-refractivity contribution in [3.63, 3.8) is 0 Å². The molecule has 0 aromatic rings. The summed E-state index contributed by atoms with van der Waals surface area (Å²) in [5.41, 5.74) is 1.37. The second-order valence-electron chi connectivity index (χ2n) is 8.84. The van der Waals surface area contributed by atoms with Crippen molar-refractivity contribution in [3.05, 3.63) is 23.8 Å². The van der Waals surface area contributed by atoms with E-state index in [0.717, 1.165) is 24.2 Å². The van der Waals surface area contributed by atoms with Crippen LogP contribution in [-0.4, -0.2) is 12.1 Å². The lowest BCUT2D eigenvalue weighted by atomic mass is 9.80. The third-order valence-corrected chi connectivity index (χ3v) is 6.89. The number of hydrogen-bond donors (Lipinski definition) is 0. The van der Waals surface area contributed by atoms with E-state index in [1.165, 1.54) is 18.4 Å². The molecule has 0 amide bonds. The summed E-state index contributed by atoms with van der Waals surface area (Å²) in [6.07, 6.45) is 10.8. The molecule has 0 aromatic heterocycles. The van der Waals surface area contributed by atoms with E-state index in [0.29, 0.717) is 11.8 Å². The van der Waals surface area contributed by atoms with Crippen LogP contribution in [0.1, 0.15) is 47.0 Å². The first-order valence-electron chi connectivity index (χ1n) is 8.91. The Morgan fingerprint density at radius 2 is 2.00 bits per heavy atom. The van der Waals surface area contributed by atoms with Crippen LogP contribution in [0.2, 0.25) is 0 Å². The molecule has 0 heterocycles. The van der Waals surface area contributed by atoms with Gasteiger partial charge in [-0.3, -0.25) is 4.79 Å². The zero-order valence-corrected chi connectivity index (χ0v) is 14.2. The van der Waals surface area contributed by atoms with Gasteiger partial charge in [0.1, 0.15) is 6.10 Å². The van der Waals surface area contributed by atoms with Gasteiger partial charge in [-0.05, 0) is 68.1 Å². The average Bonchev–Trinajstić information content (AvgIpc) is 2.90. The first kappa shape index (κ1) is 14.5. The highest BCUT2D eigenvalue weighted by atomic mass is 16.5. The predicted molar refractivity (Wildman–Crippen MR) is 87.0 cm³/mol. The minimum atomic E-state index is 0.0626. The van der Waals surface area contributed by atoms with Gasteiger partial charge < -0.3 is 4.74 Å². The fourth-order valence-electron chi connectivity index (χ4n) is 5.65. The van der Waals surface area contributed by atoms with Crippen LogP contribution >= 0.6 is 0 Å². The van der Waals surface area contributed by atoms with E-state index in [9.17, 15) is 4.79 Å². The quantitative estimate of drug-likeness (QED) is 0.571. The molecule has 120 valence electrons. The average molecular weight is 300 g/mol. The van der Waals surface area contributed by atoms with E-state index in [1.54, 1.807) is 0 Å². The SMILES string of the molecule is CC(C)=CC1C(C(=O)OC2CC3CC2C2CC=CC32)C1(C)C. The summed E-state index contributed by atoms with van der Waals surface area (Å²) in [7, 11) is 0. The molecular formula is C20H28O2. The maximum Gasteiger partial charge on any atom is 0.310 e. The highest BCUT2D eigenvalue weighted by molar-refractivity contribution is 5.78. The molecule has 3 saturated carbocycles. The number of carbonyl (C=O) groups excluding carboxylic acids is 1. The molecule has 0 radical (unpaired) electrons. The maximum atomic E-state index is 12.7. The van der Waals surface area contributed by atoms with Crippen LogP contribution in [0.3, 0.4) is 0 Å². The second-order valence-corrected chi connectivity index (χ2v) is 8.84. The first-order valence-corrected chi connectivity index (χ1v) is 8.91. The third-order valence-electron chi connectivity index (χ3n) is 6.89. The molecule has 22 heavy (non-hydrogen) atoms. The lowest BCUT2D eigenvalue weighted by Gasteiger charge is -2.31. The van der Waals surface area contributed by atoms with Crippen LogP contribution < -0.4 is 0 Å². The Labute approximate surface area is 134 Å². The fraction of sp³-hybridized carbons (Fsp3) is 0.750. The number of esters is 1. The smallest absolute Gasteiger partial charge is 0.310 e. The Morgan fingerprint density at radius 3 is 2.73 bits per heavy atom. The van der Waals surface area contributed by atoms with Crippen molar-refractivity contribution in [2.24, 2.45) is 40.9 Å². The summed E-state index contributed by atoms with van der Waals surface area (Å²) < 4.78 is 6.03. The first-order chi connectivity index (χ1) is 10.4. The molecule has 0 N–H and O–H groups in total. The summed E-state index contributed by atoms with van der Waals surface area (Å²) in [5, 5.41) is 0. The molecule has 4 aliphatic rings. The Morgan fingerprint density at radius 1 is 1.23 bits per heavy atom. The molecule has 4 aliphatic carbocycles. The lowest BCUT2D eigenvalue weighted by Crippen LogP contribution is -2.33. The van der Waals surface area contributed by atoms with E-state index >= 15 is 0 Å². The second kappa shape index (κ2) is 4.72. The zero-order chi connectivity index (χ0) is 15.6. The molecule has 2 heteroatoms. The molecule has 7 unspecified atom stereocenters. The third kappa shape index (κ3) is 2.02. The standard InChI is InChI=1S/C20H28O2/c1-11(2)8-16-18(20(16,3)4)19(21)22-17-10-12-9-15(17)14-7-5-6-13(12)14/h5-6,8,12-18H,7,9-10H2,1-4H3. The molecule has 7 atom stereocenters. The van der Waals surface area contributed by atoms with E-state index in [4.69, 9.17) is 4.74 Å². The van der Waals surface area contributed by atoms with E-state index < -0.39 is 0 Å². The van der Waals surface area contributed by atoms with Crippen molar-refractivity contribution in [2.75, 3.05) is 0 Å². The van der Waals surface area contributed by atoms with Crippen LogP contribution in [0.5, 0.6) is 0 Å². The fourth-order valence-corrected chi connectivity index (χ4v) is 5.65. The van der Waals surface area contributed by atoms with Gasteiger partial charge in [0, 0.05) is 0 Å². The molecule has 0 spiro atoms. The molecule has 0 aromatic carbocycles. The molecule has 0 saturated heterocycles. The molecule has 3 fully saturated rings. The van der Waals surface area contributed by atoms with Crippen molar-refractivity contribution in [1.82, 2.24) is 0 Å². The Kier molecular flexibility index (Phi) is 3.12. The zero-order valence-electron chi connectivity index (χ0n) is 14.2.